The second kappa shape index (κ2) is 28.1. The number of Topliss-reactive ketones (excluding diaryl/α,β-unsaturated/α-hetero) is 1. The molecule has 25 nitrogen and oxygen atoms in total. The van der Waals surface area contributed by atoms with Crippen LogP contribution in [-0.4, -0.2) is 143 Å². The van der Waals surface area contributed by atoms with Gasteiger partial charge in [-0.2, -0.15) is 0 Å². The van der Waals surface area contributed by atoms with Gasteiger partial charge in [-0.1, -0.05) is 44.2 Å². The first-order chi connectivity index (χ1) is 42.8. The van der Waals surface area contributed by atoms with Gasteiger partial charge in [-0.3, -0.25) is 38.5 Å². The molecule has 1 unspecified atom stereocenters. The molecule has 7 N–H and O–H groups in total. The lowest BCUT2D eigenvalue weighted by molar-refractivity contribution is -0.143. The zero-order valence-electron chi connectivity index (χ0n) is 48.4. The standard InChI is InChI=1S/C58H59N13O12S6/c1-27(2)32-19-38(72)44-28(3)88-55(68-44)34(20-41(73)59-4)62-49(78)36-24-84-51(64-36)31-11-12-33(53-66-40(26-87-53)71(18-15-43(75)76)58(82)70-16-13-30(14-17-70)57(80)81)61-45(31)35-23-85-54(63-35)37-25-86-56(65-37)47(48(77)29-9-7-6-8-10-29)67-42(74)21-60-50(79)46-39(22-83-5)89-52(32)69-46/h6-12,23-27,30,32,34,47-48,77H,13-22H2,1-5H3,(H,59,73)(H,60,79)(H,62,78)(H,67,74)(H,75,76)(H,80,81)/t32?,34-,47-,48-/m0/s1. The predicted octanol–water partition coefficient (Wildman–Crippen LogP) is 8.40. The largest absolute Gasteiger partial charge is 0.481 e. The average Bonchev–Trinajstić information content (AvgIpc) is 2.61. The van der Waals surface area contributed by atoms with Crippen LogP contribution in [-0.2, 0) is 30.5 Å². The summed E-state index contributed by atoms with van der Waals surface area (Å²) in [5, 5.41) is 51.2. The zero-order valence-corrected chi connectivity index (χ0v) is 53.3. The number of carbonyl (C=O) groups excluding carboxylic acids is 6. The fourth-order valence-corrected chi connectivity index (χ4v) is 15.6. The topological polar surface area (TPSA) is 351 Å². The smallest absolute Gasteiger partial charge is 0.325 e. The number of amides is 6. The summed E-state index contributed by atoms with van der Waals surface area (Å²) in [7, 11) is 2.94. The lowest BCUT2D eigenvalue weighted by atomic mass is 9.90. The van der Waals surface area contributed by atoms with E-state index in [1.807, 2.05) is 13.8 Å². The Hall–Kier alpha value is -8.17. The van der Waals surface area contributed by atoms with Crippen LogP contribution in [0.4, 0.5) is 10.6 Å². The van der Waals surface area contributed by atoms with Crippen LogP contribution in [0.2, 0.25) is 0 Å². The number of fused-ring (bicyclic) bond motifs is 14. The highest BCUT2D eigenvalue weighted by atomic mass is 32.1. The molecule has 1 aromatic carbocycles. The van der Waals surface area contributed by atoms with Gasteiger partial charge in [0.05, 0.1) is 53.5 Å². The Kier molecular flexibility index (Phi) is 20.2. The van der Waals surface area contributed by atoms with Gasteiger partial charge in [-0.15, -0.1) is 68.0 Å². The molecular weight excluding hydrogens is 1260 g/mol. The zero-order chi connectivity index (χ0) is 63.2. The number of rotatable bonds is 13. The van der Waals surface area contributed by atoms with Crippen molar-refractivity contribution in [3.63, 3.8) is 0 Å². The number of benzene rings is 1. The summed E-state index contributed by atoms with van der Waals surface area (Å²) in [4.78, 5) is 145. The third-order valence-electron chi connectivity index (χ3n) is 14.8. The van der Waals surface area contributed by atoms with Crippen molar-refractivity contribution in [2.75, 3.05) is 45.2 Å². The number of ether oxygens (including phenoxy) is 1. The summed E-state index contributed by atoms with van der Waals surface area (Å²) in [6.45, 7) is 5.19. The summed E-state index contributed by atoms with van der Waals surface area (Å²) < 4.78 is 5.47. The number of likely N-dealkylation sites (tertiary alicyclic amines) is 1. The number of aliphatic hydroxyl groups excluding tert-OH is 1. The van der Waals surface area contributed by atoms with Crippen molar-refractivity contribution in [1.29, 1.82) is 0 Å². The molecule has 1 saturated heterocycles. The molecule has 10 bridgehead atoms. The number of aromatic nitrogens is 7. The van der Waals surface area contributed by atoms with E-state index in [4.69, 9.17) is 39.6 Å². The Balaban J connectivity index is 1.05. The van der Waals surface area contributed by atoms with Crippen molar-refractivity contribution >= 4 is 121 Å². The predicted molar refractivity (Wildman–Crippen MR) is 335 cm³/mol. The number of aliphatic hydroxyl groups is 1. The molecular formula is C58H59N13O12S6. The lowest BCUT2D eigenvalue weighted by Gasteiger charge is -2.33. The minimum Gasteiger partial charge on any atom is -0.481 e. The molecule has 89 heavy (non-hydrogen) atoms. The van der Waals surface area contributed by atoms with E-state index in [2.05, 4.69) is 21.3 Å². The summed E-state index contributed by atoms with van der Waals surface area (Å²) in [5.74, 6) is -5.86. The number of carboxylic acids is 2. The van der Waals surface area contributed by atoms with E-state index in [1.54, 1.807) is 70.9 Å². The third-order valence-corrected chi connectivity index (χ3v) is 20.5. The highest BCUT2D eigenvalue weighted by Crippen LogP contribution is 2.41. The number of carboxylic acid groups (broad SMARTS) is 2. The van der Waals surface area contributed by atoms with Crippen LogP contribution in [0.25, 0.3) is 43.4 Å². The fraction of sp³-hybridized carbons (Fsp3) is 0.362. The Labute approximate surface area is 532 Å². The SMILES string of the molecule is CNC(=O)C[C@@H]1NC(=O)c2csc(n2)-c2ccc(-c3nc(N(CCC(=O)O)C(=O)N4CCC(C(=O)O)CC4)cs3)nc2-c2csc(n2)-c2csc(n2)[C@H]([C@@H](O)c2ccccc2)NC(=O)CNC(=O)c2nc(sc2COC)C(C(C)C)CC(=O)c2nc1sc2C. The molecule has 2 aliphatic heterocycles. The number of thiazole rings is 6. The van der Waals surface area contributed by atoms with E-state index >= 15 is 0 Å². The number of urea groups is 1. The minimum atomic E-state index is -1.30. The Morgan fingerprint density at radius 2 is 1.45 bits per heavy atom. The van der Waals surface area contributed by atoms with Gasteiger partial charge in [0.15, 0.2) is 5.78 Å². The van der Waals surface area contributed by atoms with E-state index in [9.17, 15) is 53.7 Å². The first-order valence-electron chi connectivity index (χ1n) is 27.9. The molecule has 0 radical (unpaired) electrons. The number of carbonyl (C=O) groups is 8. The van der Waals surface area contributed by atoms with Gasteiger partial charge in [0.1, 0.15) is 77.2 Å². The molecule has 2 aliphatic rings. The molecule has 0 spiro atoms. The van der Waals surface area contributed by atoms with Crippen molar-refractivity contribution in [2.24, 2.45) is 11.8 Å². The maximum Gasteiger partial charge on any atom is 0.325 e. The number of aryl methyl sites for hydroxylation is 1. The van der Waals surface area contributed by atoms with Crippen LogP contribution in [0, 0.1) is 18.8 Å². The maximum absolute atomic E-state index is 14.4. The molecule has 9 heterocycles. The van der Waals surface area contributed by atoms with E-state index in [0.29, 0.717) is 73.7 Å². The van der Waals surface area contributed by atoms with Crippen molar-refractivity contribution in [1.82, 2.24) is 61.1 Å². The number of nitrogens with one attached hydrogen (secondary N) is 4. The Morgan fingerprint density at radius 1 is 0.753 bits per heavy atom. The van der Waals surface area contributed by atoms with Crippen LogP contribution < -0.4 is 26.2 Å². The normalized spacial score (nSPS) is 17.3. The molecule has 8 aromatic rings. The van der Waals surface area contributed by atoms with Gasteiger partial charge in [-0.05, 0) is 43.4 Å². The summed E-state index contributed by atoms with van der Waals surface area (Å²) >= 11 is 7.06. The number of pyridine rings is 1. The van der Waals surface area contributed by atoms with Crippen LogP contribution in [0.3, 0.4) is 0 Å². The Morgan fingerprint density at radius 3 is 2.17 bits per heavy atom. The average molecular weight is 1320 g/mol. The molecule has 0 saturated carbocycles. The van der Waals surface area contributed by atoms with Crippen molar-refractivity contribution < 1.29 is 58.4 Å². The quantitative estimate of drug-likeness (QED) is 0.0569. The fourth-order valence-electron chi connectivity index (χ4n) is 9.96. The van der Waals surface area contributed by atoms with Crippen molar-refractivity contribution in [2.45, 2.75) is 83.6 Å². The van der Waals surface area contributed by atoms with Gasteiger partial charge in [-0.25, -0.2) is 39.7 Å². The number of aliphatic carboxylic acids is 2. The maximum atomic E-state index is 14.4. The van der Waals surface area contributed by atoms with E-state index in [1.165, 1.54) is 58.0 Å². The monoisotopic (exact) mass is 1320 g/mol. The van der Waals surface area contributed by atoms with Gasteiger partial charge in [0.2, 0.25) is 11.8 Å². The van der Waals surface area contributed by atoms with E-state index in [-0.39, 0.29) is 86.5 Å². The first kappa shape index (κ1) is 63.8. The van der Waals surface area contributed by atoms with Gasteiger partial charge >= 0.3 is 18.0 Å². The molecule has 4 atom stereocenters. The lowest BCUT2D eigenvalue weighted by Crippen LogP contribution is -2.48. The minimum absolute atomic E-state index is 0.00392. The summed E-state index contributed by atoms with van der Waals surface area (Å²) in [5.41, 5.74) is 2.47. The van der Waals surface area contributed by atoms with Crippen LogP contribution in [0.1, 0.15) is 132 Å². The molecule has 6 amide bonds. The number of methoxy groups -OCH3 is 1. The number of ketones is 1. The van der Waals surface area contributed by atoms with Crippen LogP contribution >= 0.6 is 68.0 Å². The molecule has 1 fully saturated rings. The number of hydrogen-bond acceptors (Lipinski definition) is 23. The van der Waals surface area contributed by atoms with Gasteiger partial charge in [0.25, 0.3) is 11.8 Å². The number of hydrogen-bond donors (Lipinski definition) is 7. The highest BCUT2D eigenvalue weighted by molar-refractivity contribution is 7.15. The molecule has 464 valence electrons. The van der Waals surface area contributed by atoms with E-state index < -0.39 is 84.6 Å². The Bertz CT molecular complexity index is 3960. The summed E-state index contributed by atoms with van der Waals surface area (Å²) in [6.07, 6.45) is -1.51. The van der Waals surface area contributed by atoms with Gasteiger partial charge in [0, 0.05) is 78.1 Å². The second-order valence-corrected chi connectivity index (χ2v) is 26.9. The number of piperidine rings is 1. The van der Waals surface area contributed by atoms with Gasteiger partial charge < -0.3 is 46.2 Å². The highest BCUT2D eigenvalue weighted by Gasteiger charge is 2.35. The van der Waals surface area contributed by atoms with Crippen LogP contribution in [0.5, 0.6) is 0 Å². The number of nitrogens with zero attached hydrogens (tertiary/aromatic N) is 9. The second-order valence-electron chi connectivity index (χ2n) is 21.1. The third kappa shape index (κ3) is 14.6. The summed E-state index contributed by atoms with van der Waals surface area (Å²) in [6, 6.07) is 9.50. The molecule has 10 rings (SSSR count). The van der Waals surface area contributed by atoms with Crippen molar-refractivity contribution in [3.05, 3.63) is 111 Å². The molecule has 7 aromatic heterocycles. The van der Waals surface area contributed by atoms with E-state index in [0.717, 1.165) is 34.0 Å². The number of anilines is 1. The molecule has 0 aliphatic carbocycles. The van der Waals surface area contributed by atoms with Crippen LogP contribution in [0.15, 0.2) is 64.0 Å². The van der Waals surface area contributed by atoms with Crippen molar-refractivity contribution in [3.8, 4) is 43.4 Å². The first-order valence-corrected chi connectivity index (χ1v) is 33.1. The molecule has 31 heteroatoms.